The predicted molar refractivity (Wildman–Crippen MR) is 90.6 cm³/mol. The van der Waals surface area contributed by atoms with Gasteiger partial charge < -0.3 is 10.1 Å². The number of hydrogen-bond donors (Lipinski definition) is 1. The van der Waals surface area contributed by atoms with Crippen LogP contribution in [0.4, 0.5) is 0 Å². The Balaban J connectivity index is 2.08. The Bertz CT molecular complexity index is 823. The second kappa shape index (κ2) is 8.39. The zero-order valence-corrected chi connectivity index (χ0v) is 14.4. The number of esters is 1. The lowest BCUT2D eigenvalue weighted by Gasteiger charge is -2.16. The molecule has 2 aromatic rings. The molecule has 2 rings (SSSR count). The Labute approximate surface area is 146 Å². The number of nitrogens with one attached hydrogen (secondary N) is 1. The minimum atomic E-state index is -3.57. The van der Waals surface area contributed by atoms with Crippen LogP contribution >= 0.6 is 0 Å². The highest BCUT2D eigenvalue weighted by atomic mass is 32.2. The molecule has 0 saturated carbocycles. The number of carbonyl (C=O) groups excluding carboxylic acids is 2. The second-order valence-corrected chi connectivity index (χ2v) is 7.29. The van der Waals surface area contributed by atoms with Crippen LogP contribution in [0.25, 0.3) is 0 Å². The standard InChI is InChI=1S/C17H18N2O5S/c1-24-17(21)15(19-16(20)14-9-5-6-11-18-14)10-12-25(22,23)13-7-3-2-4-8-13/h2-9,11,15H,10,12H2,1H3,(H,19,20)/t15-/m1/s1. The maximum atomic E-state index is 12.3. The van der Waals surface area contributed by atoms with E-state index < -0.39 is 27.8 Å². The average Bonchev–Trinajstić information content (AvgIpc) is 2.65. The van der Waals surface area contributed by atoms with E-state index in [1.807, 2.05) is 0 Å². The van der Waals surface area contributed by atoms with Crippen LogP contribution in [0.15, 0.2) is 59.6 Å². The van der Waals surface area contributed by atoms with Gasteiger partial charge >= 0.3 is 5.97 Å². The number of nitrogens with zero attached hydrogens (tertiary/aromatic N) is 1. The zero-order chi connectivity index (χ0) is 18.3. The Morgan fingerprint density at radius 2 is 1.80 bits per heavy atom. The van der Waals surface area contributed by atoms with Crippen LogP contribution in [0.2, 0.25) is 0 Å². The lowest BCUT2D eigenvalue weighted by Crippen LogP contribution is -2.42. The number of aromatic nitrogens is 1. The fourth-order valence-corrected chi connectivity index (χ4v) is 3.49. The average molecular weight is 362 g/mol. The third kappa shape index (κ3) is 5.12. The summed E-state index contributed by atoms with van der Waals surface area (Å²) in [6.45, 7) is 0. The maximum absolute atomic E-state index is 12.3. The molecule has 7 nitrogen and oxygen atoms in total. The second-order valence-electron chi connectivity index (χ2n) is 5.18. The minimum Gasteiger partial charge on any atom is -0.467 e. The maximum Gasteiger partial charge on any atom is 0.328 e. The van der Waals surface area contributed by atoms with Crippen molar-refractivity contribution in [2.24, 2.45) is 0 Å². The highest BCUT2D eigenvalue weighted by Gasteiger charge is 2.25. The summed E-state index contributed by atoms with van der Waals surface area (Å²) in [5, 5.41) is 2.47. The number of methoxy groups -OCH3 is 1. The van der Waals surface area contributed by atoms with Crippen LogP contribution in [0.1, 0.15) is 16.9 Å². The molecule has 25 heavy (non-hydrogen) atoms. The summed E-state index contributed by atoms with van der Waals surface area (Å²) in [6.07, 6.45) is 1.34. The zero-order valence-electron chi connectivity index (χ0n) is 13.6. The van der Waals surface area contributed by atoms with Crippen molar-refractivity contribution in [1.82, 2.24) is 10.3 Å². The summed E-state index contributed by atoms with van der Waals surface area (Å²) >= 11 is 0. The normalized spacial score (nSPS) is 12.2. The molecule has 0 fully saturated rings. The van der Waals surface area contributed by atoms with Gasteiger partial charge in [0.05, 0.1) is 17.8 Å². The molecule has 1 aromatic heterocycles. The number of benzene rings is 1. The number of hydrogen-bond acceptors (Lipinski definition) is 6. The predicted octanol–water partition coefficient (Wildman–Crippen LogP) is 1.22. The van der Waals surface area contributed by atoms with Gasteiger partial charge in [-0.3, -0.25) is 9.78 Å². The van der Waals surface area contributed by atoms with Crippen LogP contribution in [0, 0.1) is 0 Å². The van der Waals surface area contributed by atoms with E-state index in [1.54, 1.807) is 30.3 Å². The van der Waals surface area contributed by atoms with Crippen LogP contribution in [0.5, 0.6) is 0 Å². The molecule has 1 aromatic carbocycles. The molecule has 0 spiro atoms. The summed E-state index contributed by atoms with van der Waals surface area (Å²) in [6, 6.07) is 11.6. The molecule has 0 radical (unpaired) electrons. The van der Waals surface area contributed by atoms with E-state index in [1.165, 1.54) is 31.5 Å². The first-order chi connectivity index (χ1) is 11.9. The van der Waals surface area contributed by atoms with Crippen molar-refractivity contribution in [3.8, 4) is 0 Å². The topological polar surface area (TPSA) is 102 Å². The van der Waals surface area contributed by atoms with Gasteiger partial charge in [-0.1, -0.05) is 24.3 Å². The van der Waals surface area contributed by atoms with E-state index >= 15 is 0 Å². The van der Waals surface area contributed by atoms with E-state index in [0.29, 0.717) is 0 Å². The Hall–Kier alpha value is -2.74. The van der Waals surface area contributed by atoms with E-state index in [2.05, 4.69) is 15.0 Å². The van der Waals surface area contributed by atoms with Crippen molar-refractivity contribution in [2.45, 2.75) is 17.4 Å². The van der Waals surface area contributed by atoms with E-state index in [-0.39, 0.29) is 22.8 Å². The van der Waals surface area contributed by atoms with Gasteiger partial charge in [0.2, 0.25) is 0 Å². The molecule has 1 heterocycles. The molecule has 1 amide bonds. The van der Waals surface area contributed by atoms with E-state index in [0.717, 1.165) is 0 Å². The van der Waals surface area contributed by atoms with Crippen LogP contribution in [-0.2, 0) is 19.4 Å². The van der Waals surface area contributed by atoms with Gasteiger partial charge in [0.25, 0.3) is 5.91 Å². The first-order valence-electron chi connectivity index (χ1n) is 7.51. The third-order valence-corrected chi connectivity index (χ3v) is 5.23. The molecule has 0 saturated heterocycles. The summed E-state index contributed by atoms with van der Waals surface area (Å²) in [5.41, 5.74) is 0.127. The minimum absolute atomic E-state index is 0.109. The summed E-state index contributed by atoms with van der Waals surface area (Å²) in [5.74, 6) is -1.60. The molecule has 132 valence electrons. The summed E-state index contributed by atoms with van der Waals surface area (Å²) in [4.78, 5) is 28.1. The first-order valence-corrected chi connectivity index (χ1v) is 9.17. The van der Waals surface area contributed by atoms with Crippen molar-refractivity contribution < 1.29 is 22.7 Å². The quantitative estimate of drug-likeness (QED) is 0.743. The number of pyridine rings is 1. The summed E-state index contributed by atoms with van der Waals surface area (Å²) < 4.78 is 29.3. The largest absolute Gasteiger partial charge is 0.467 e. The lowest BCUT2D eigenvalue weighted by molar-refractivity contribution is -0.142. The molecule has 0 aliphatic rings. The van der Waals surface area contributed by atoms with Crippen molar-refractivity contribution in [1.29, 1.82) is 0 Å². The number of rotatable bonds is 7. The number of ether oxygens (including phenoxy) is 1. The Morgan fingerprint density at radius 1 is 1.12 bits per heavy atom. The molecule has 0 bridgehead atoms. The van der Waals surface area contributed by atoms with Crippen molar-refractivity contribution in [3.63, 3.8) is 0 Å². The molecule has 1 N–H and O–H groups in total. The van der Waals surface area contributed by atoms with Crippen molar-refractivity contribution in [3.05, 3.63) is 60.4 Å². The molecule has 0 unspecified atom stereocenters. The highest BCUT2D eigenvalue weighted by molar-refractivity contribution is 7.91. The molecular formula is C17H18N2O5S. The molecule has 8 heteroatoms. The van der Waals surface area contributed by atoms with Gasteiger partial charge in [0, 0.05) is 6.20 Å². The van der Waals surface area contributed by atoms with Gasteiger partial charge in [-0.25, -0.2) is 13.2 Å². The van der Waals surface area contributed by atoms with Gasteiger partial charge in [-0.15, -0.1) is 0 Å². The van der Waals surface area contributed by atoms with Gasteiger partial charge in [0.15, 0.2) is 9.84 Å². The van der Waals surface area contributed by atoms with E-state index in [4.69, 9.17) is 0 Å². The van der Waals surface area contributed by atoms with Gasteiger partial charge in [0.1, 0.15) is 11.7 Å². The fourth-order valence-electron chi connectivity index (χ4n) is 2.14. The van der Waals surface area contributed by atoms with Crippen LogP contribution in [0.3, 0.4) is 0 Å². The van der Waals surface area contributed by atoms with Gasteiger partial charge in [-0.2, -0.15) is 0 Å². The van der Waals surface area contributed by atoms with Crippen LogP contribution < -0.4 is 5.32 Å². The first kappa shape index (κ1) is 18.6. The molecule has 1 atom stereocenters. The highest BCUT2D eigenvalue weighted by Crippen LogP contribution is 2.12. The SMILES string of the molecule is COC(=O)[C@@H](CCS(=O)(=O)c1ccccc1)NC(=O)c1ccccn1. The number of carbonyl (C=O) groups is 2. The van der Waals surface area contributed by atoms with E-state index in [9.17, 15) is 18.0 Å². The lowest BCUT2D eigenvalue weighted by atomic mass is 10.2. The molecule has 0 aliphatic carbocycles. The Kier molecular flexibility index (Phi) is 6.24. The smallest absolute Gasteiger partial charge is 0.328 e. The molecular weight excluding hydrogens is 344 g/mol. The monoisotopic (exact) mass is 362 g/mol. The molecule has 0 aliphatic heterocycles. The fraction of sp³-hybridized carbons (Fsp3) is 0.235. The number of sulfone groups is 1. The van der Waals surface area contributed by atoms with Gasteiger partial charge in [-0.05, 0) is 30.7 Å². The summed E-state index contributed by atoms with van der Waals surface area (Å²) in [7, 11) is -2.40. The Morgan fingerprint density at radius 3 is 2.40 bits per heavy atom. The van der Waals surface area contributed by atoms with Crippen molar-refractivity contribution in [2.75, 3.05) is 12.9 Å². The van der Waals surface area contributed by atoms with Crippen LogP contribution in [-0.4, -0.2) is 44.2 Å². The number of amides is 1. The third-order valence-electron chi connectivity index (χ3n) is 3.47. The van der Waals surface area contributed by atoms with Crippen molar-refractivity contribution >= 4 is 21.7 Å².